The van der Waals surface area contributed by atoms with E-state index in [2.05, 4.69) is 6.07 Å². The number of nitriles is 1. The van der Waals surface area contributed by atoms with Gasteiger partial charge in [0.05, 0.1) is 24.5 Å². The summed E-state index contributed by atoms with van der Waals surface area (Å²) in [7, 11) is -1.63. The number of sulfone groups is 1. The first-order chi connectivity index (χ1) is 9.95. The van der Waals surface area contributed by atoms with Gasteiger partial charge in [-0.2, -0.15) is 5.26 Å². The second-order valence-electron chi connectivity index (χ2n) is 4.66. The predicted octanol–water partition coefficient (Wildman–Crippen LogP) is 2.83. The lowest BCUT2D eigenvalue weighted by Gasteiger charge is -2.09. The molecule has 0 unspecified atom stereocenters. The molecule has 2 rings (SSSR count). The minimum absolute atomic E-state index is 0.262. The van der Waals surface area contributed by atoms with Crippen LogP contribution in [0.2, 0.25) is 0 Å². The van der Waals surface area contributed by atoms with Crippen LogP contribution in [0.4, 0.5) is 0 Å². The topological polar surface area (TPSA) is 67.2 Å². The quantitative estimate of drug-likeness (QED) is 0.871. The van der Waals surface area contributed by atoms with E-state index in [1.54, 1.807) is 31.4 Å². The van der Waals surface area contributed by atoms with Gasteiger partial charge in [0, 0.05) is 11.8 Å². The van der Waals surface area contributed by atoms with E-state index >= 15 is 0 Å². The average molecular weight is 301 g/mol. The van der Waals surface area contributed by atoms with Crippen molar-refractivity contribution in [2.45, 2.75) is 11.3 Å². The van der Waals surface area contributed by atoms with Gasteiger partial charge in [-0.1, -0.05) is 18.2 Å². The summed E-state index contributed by atoms with van der Waals surface area (Å²) in [6.07, 6.45) is 1.44. The summed E-state index contributed by atoms with van der Waals surface area (Å²) in [5.41, 5.74) is 2.62. The van der Waals surface area contributed by atoms with E-state index in [1.807, 2.05) is 18.2 Å². The zero-order chi connectivity index (χ0) is 15.5. The molecule has 2 aromatic carbocycles. The molecule has 21 heavy (non-hydrogen) atoms. The van der Waals surface area contributed by atoms with Crippen LogP contribution < -0.4 is 4.74 Å². The lowest BCUT2D eigenvalue weighted by molar-refractivity contribution is 0.411. The van der Waals surface area contributed by atoms with Gasteiger partial charge < -0.3 is 4.74 Å². The van der Waals surface area contributed by atoms with Gasteiger partial charge >= 0.3 is 0 Å². The molecule has 5 heteroatoms. The number of nitrogens with zero attached hydrogens (tertiary/aromatic N) is 1. The molecule has 0 amide bonds. The molecule has 0 saturated carbocycles. The normalized spacial score (nSPS) is 10.9. The van der Waals surface area contributed by atoms with Crippen molar-refractivity contribution in [2.75, 3.05) is 13.4 Å². The molecule has 2 aromatic rings. The van der Waals surface area contributed by atoms with Crippen molar-refractivity contribution in [3.05, 3.63) is 48.0 Å². The van der Waals surface area contributed by atoms with Crippen molar-refractivity contribution < 1.29 is 13.2 Å². The van der Waals surface area contributed by atoms with E-state index in [4.69, 9.17) is 10.00 Å². The maximum absolute atomic E-state index is 11.5. The third-order valence-corrected chi connectivity index (χ3v) is 4.29. The maximum atomic E-state index is 11.5. The fraction of sp³-hybridized carbons (Fsp3) is 0.188. The van der Waals surface area contributed by atoms with E-state index in [-0.39, 0.29) is 11.3 Å². The second kappa shape index (κ2) is 5.98. The molecule has 0 spiro atoms. The lowest BCUT2D eigenvalue weighted by Crippen LogP contribution is -1.96. The molecule has 0 radical (unpaired) electrons. The van der Waals surface area contributed by atoms with Crippen molar-refractivity contribution in [1.29, 1.82) is 5.26 Å². The van der Waals surface area contributed by atoms with Gasteiger partial charge in [-0.15, -0.1) is 0 Å². The van der Waals surface area contributed by atoms with E-state index < -0.39 is 9.84 Å². The Morgan fingerprint density at radius 3 is 2.24 bits per heavy atom. The Bertz CT molecular complexity index is 787. The highest BCUT2D eigenvalue weighted by atomic mass is 32.2. The molecule has 0 fully saturated rings. The Morgan fingerprint density at radius 1 is 1.10 bits per heavy atom. The zero-order valence-corrected chi connectivity index (χ0v) is 12.6. The van der Waals surface area contributed by atoms with E-state index in [0.717, 1.165) is 16.7 Å². The Labute approximate surface area is 124 Å². The van der Waals surface area contributed by atoms with Crippen molar-refractivity contribution in [2.24, 2.45) is 0 Å². The molecule has 108 valence electrons. The molecule has 0 atom stereocenters. The van der Waals surface area contributed by atoms with Crippen LogP contribution in [-0.4, -0.2) is 21.8 Å². The Morgan fingerprint density at radius 2 is 1.71 bits per heavy atom. The summed E-state index contributed by atoms with van der Waals surface area (Å²) in [5, 5.41) is 8.85. The smallest absolute Gasteiger partial charge is 0.175 e. The van der Waals surface area contributed by atoms with Gasteiger partial charge in [0.25, 0.3) is 0 Å². The monoisotopic (exact) mass is 301 g/mol. The Balaban J connectivity index is 2.43. The molecular weight excluding hydrogens is 286 g/mol. The van der Waals surface area contributed by atoms with Gasteiger partial charge in [-0.3, -0.25) is 0 Å². The largest absolute Gasteiger partial charge is 0.496 e. The van der Waals surface area contributed by atoms with Crippen molar-refractivity contribution >= 4 is 9.84 Å². The van der Waals surface area contributed by atoms with Crippen LogP contribution in [-0.2, 0) is 16.3 Å². The third kappa shape index (κ3) is 3.41. The summed E-state index contributed by atoms with van der Waals surface area (Å²) in [5.74, 6) is 0.674. The number of hydrogen-bond donors (Lipinski definition) is 0. The molecule has 0 aliphatic carbocycles. The van der Waals surface area contributed by atoms with Crippen molar-refractivity contribution in [3.8, 4) is 22.9 Å². The fourth-order valence-corrected chi connectivity index (χ4v) is 2.71. The Kier molecular flexibility index (Phi) is 4.29. The van der Waals surface area contributed by atoms with Gasteiger partial charge in [0.15, 0.2) is 9.84 Å². The first-order valence-electron chi connectivity index (χ1n) is 6.30. The minimum atomic E-state index is -3.19. The maximum Gasteiger partial charge on any atom is 0.175 e. The van der Waals surface area contributed by atoms with Gasteiger partial charge in [-0.25, -0.2) is 8.42 Å². The van der Waals surface area contributed by atoms with Gasteiger partial charge in [-0.05, 0) is 35.4 Å². The molecule has 4 nitrogen and oxygen atoms in total. The summed E-state index contributed by atoms with van der Waals surface area (Å²) >= 11 is 0. The molecule has 0 bridgehead atoms. The van der Waals surface area contributed by atoms with Crippen LogP contribution in [0.3, 0.4) is 0 Å². The zero-order valence-electron chi connectivity index (χ0n) is 11.8. The lowest BCUT2D eigenvalue weighted by atomic mass is 10.0. The van der Waals surface area contributed by atoms with Crippen molar-refractivity contribution in [1.82, 2.24) is 0 Å². The SMILES string of the molecule is COc1ccc(-c2ccc(S(C)(=O)=O)cc2)cc1CC#N. The number of methoxy groups -OCH3 is 1. The number of ether oxygens (including phenoxy) is 1. The van der Waals surface area contributed by atoms with Crippen LogP contribution in [0.5, 0.6) is 5.75 Å². The van der Waals surface area contributed by atoms with Crippen LogP contribution in [0.1, 0.15) is 5.56 Å². The molecule has 0 heterocycles. The van der Waals surface area contributed by atoms with Gasteiger partial charge in [0.1, 0.15) is 5.75 Å². The van der Waals surface area contributed by atoms with Crippen LogP contribution in [0, 0.1) is 11.3 Å². The fourth-order valence-electron chi connectivity index (χ4n) is 2.08. The summed E-state index contributed by atoms with van der Waals surface area (Å²) in [4.78, 5) is 0.289. The summed E-state index contributed by atoms with van der Waals surface area (Å²) < 4.78 is 28.1. The highest BCUT2D eigenvalue weighted by Crippen LogP contribution is 2.27. The standard InChI is InChI=1S/C16H15NO3S/c1-20-16-8-5-13(11-14(16)9-10-17)12-3-6-15(7-4-12)21(2,18)19/h3-8,11H,9H2,1-2H3. The molecular formula is C16H15NO3S. The highest BCUT2D eigenvalue weighted by molar-refractivity contribution is 7.90. The first-order valence-corrected chi connectivity index (χ1v) is 8.19. The summed E-state index contributed by atoms with van der Waals surface area (Å²) in [6.45, 7) is 0. The van der Waals surface area contributed by atoms with E-state index in [9.17, 15) is 8.42 Å². The molecule has 0 aromatic heterocycles. The summed E-state index contributed by atoms with van der Waals surface area (Å²) in [6, 6.07) is 14.4. The third-order valence-electron chi connectivity index (χ3n) is 3.17. The predicted molar refractivity (Wildman–Crippen MR) is 80.9 cm³/mol. The Hall–Kier alpha value is -2.32. The molecule has 0 aliphatic rings. The first kappa shape index (κ1) is 15.1. The van der Waals surface area contributed by atoms with E-state index in [0.29, 0.717) is 5.75 Å². The molecule has 0 aliphatic heterocycles. The number of benzene rings is 2. The number of rotatable bonds is 4. The van der Waals surface area contributed by atoms with Crippen LogP contribution in [0.15, 0.2) is 47.4 Å². The average Bonchev–Trinajstić information content (AvgIpc) is 2.47. The number of hydrogen-bond acceptors (Lipinski definition) is 4. The van der Waals surface area contributed by atoms with Crippen molar-refractivity contribution in [3.63, 3.8) is 0 Å². The highest BCUT2D eigenvalue weighted by Gasteiger charge is 2.09. The molecule has 0 saturated heterocycles. The van der Waals surface area contributed by atoms with Crippen LogP contribution in [0.25, 0.3) is 11.1 Å². The molecule has 0 N–H and O–H groups in total. The van der Waals surface area contributed by atoms with Crippen LogP contribution >= 0.6 is 0 Å². The second-order valence-corrected chi connectivity index (χ2v) is 6.67. The van der Waals surface area contributed by atoms with Gasteiger partial charge in [0.2, 0.25) is 0 Å². The van der Waals surface area contributed by atoms with E-state index in [1.165, 1.54) is 6.26 Å². The minimum Gasteiger partial charge on any atom is -0.496 e.